The van der Waals surface area contributed by atoms with Crippen LogP contribution in [-0.4, -0.2) is 93.8 Å². The molecule has 5 aromatic rings. The number of aryl methyl sites for hydroxylation is 1. The maximum absolute atomic E-state index is 15.9. The number of carbonyl (C=O) groups excluding carboxylic acids is 4. The first-order valence-electron chi connectivity index (χ1n) is 22.8. The van der Waals surface area contributed by atoms with E-state index in [1.807, 2.05) is 37.3 Å². The molecular weight excluding hydrogens is 937 g/mol. The lowest BCUT2D eigenvalue weighted by Crippen LogP contribution is -2.58. The van der Waals surface area contributed by atoms with Crippen molar-refractivity contribution >= 4 is 63.9 Å². The number of hydrogen-bond donors (Lipinski definition) is 3. The predicted octanol–water partition coefficient (Wildman–Crippen LogP) is 7.88. The van der Waals surface area contributed by atoms with Crippen molar-refractivity contribution < 1.29 is 42.6 Å². The highest BCUT2D eigenvalue weighted by atomic mass is 35.5. The number of aromatic nitrogens is 1. The number of halogens is 2. The molecular formula is C52H55ClFN7O8S. The lowest BCUT2D eigenvalue weighted by atomic mass is 9.85. The summed E-state index contributed by atoms with van der Waals surface area (Å²) in [4.78, 5) is 63.1. The van der Waals surface area contributed by atoms with Gasteiger partial charge in [-0.3, -0.25) is 29.0 Å². The lowest BCUT2D eigenvalue weighted by molar-refractivity contribution is -0.151. The molecule has 1 unspecified atom stereocenters. The zero-order valence-corrected chi connectivity index (χ0v) is 41.3. The van der Waals surface area contributed by atoms with Crippen LogP contribution >= 0.6 is 23.8 Å². The largest absolute Gasteiger partial charge is 0.494 e. The average Bonchev–Trinajstić information content (AvgIpc) is 4.01. The Hall–Kier alpha value is -6.55. The summed E-state index contributed by atoms with van der Waals surface area (Å²) in [6, 6.07) is 23.9. The van der Waals surface area contributed by atoms with E-state index < -0.39 is 52.7 Å². The van der Waals surface area contributed by atoms with Crippen LogP contribution in [0.1, 0.15) is 70.7 Å². The molecule has 15 nitrogen and oxygen atoms in total. The third-order valence-electron chi connectivity index (χ3n) is 12.2. The van der Waals surface area contributed by atoms with Crippen molar-refractivity contribution in [3.63, 3.8) is 0 Å². The number of oxazole rings is 1. The van der Waals surface area contributed by atoms with Gasteiger partial charge >= 0.3 is 0 Å². The Balaban J connectivity index is 0.884. The Kier molecular flexibility index (Phi) is 15.8. The van der Waals surface area contributed by atoms with E-state index in [2.05, 4.69) is 15.6 Å². The molecule has 3 atom stereocenters. The van der Waals surface area contributed by atoms with Crippen molar-refractivity contribution in [2.24, 2.45) is 5.41 Å². The lowest BCUT2D eigenvalue weighted by Gasteiger charge is -2.35. The number of thiocarbonyl (C=S) groups is 1. The minimum atomic E-state index is -1.22. The predicted molar refractivity (Wildman–Crippen MR) is 266 cm³/mol. The van der Waals surface area contributed by atoms with Crippen LogP contribution in [0.4, 0.5) is 15.8 Å². The summed E-state index contributed by atoms with van der Waals surface area (Å²) in [6.45, 7) is 11.1. The first-order valence-corrected chi connectivity index (χ1v) is 23.6. The Morgan fingerprint density at radius 3 is 2.34 bits per heavy atom. The number of hydrogen-bond acceptors (Lipinski definition) is 12. The van der Waals surface area contributed by atoms with Gasteiger partial charge in [0.15, 0.2) is 17.3 Å². The summed E-state index contributed by atoms with van der Waals surface area (Å²) in [5, 5.41) is 25.5. The molecule has 2 saturated heterocycles. The molecule has 366 valence electrons. The summed E-state index contributed by atoms with van der Waals surface area (Å²) in [5.74, 6) is -1.31. The van der Waals surface area contributed by atoms with Gasteiger partial charge < -0.3 is 34.5 Å². The molecule has 3 heterocycles. The van der Waals surface area contributed by atoms with Gasteiger partial charge in [-0.1, -0.05) is 74.8 Å². The van der Waals surface area contributed by atoms with Crippen molar-refractivity contribution in [2.75, 3.05) is 36.2 Å². The number of imide groups is 1. The number of nitrogens with zero attached hydrogens (tertiary/aromatic N) is 5. The number of β-amino-alcohol motifs (C(OH)–C–C–N with tert-alkyl or cyclic N) is 1. The molecule has 4 amide bonds. The molecule has 0 aliphatic carbocycles. The van der Waals surface area contributed by atoms with Crippen LogP contribution < -0.4 is 25.2 Å². The van der Waals surface area contributed by atoms with E-state index in [1.54, 1.807) is 77.1 Å². The van der Waals surface area contributed by atoms with E-state index in [0.717, 1.165) is 21.7 Å². The number of benzene rings is 4. The van der Waals surface area contributed by atoms with Crippen LogP contribution in [0.15, 0.2) is 95.7 Å². The molecule has 18 heteroatoms. The second kappa shape index (κ2) is 21.6. The monoisotopic (exact) mass is 991 g/mol. The number of nitriles is 1. The fraction of sp³-hybridized carbons (Fsp3) is 0.365. The van der Waals surface area contributed by atoms with Crippen LogP contribution in [0, 0.1) is 29.5 Å². The summed E-state index contributed by atoms with van der Waals surface area (Å²) in [6.07, 6.45) is 2.00. The first-order chi connectivity index (χ1) is 33.3. The van der Waals surface area contributed by atoms with Crippen molar-refractivity contribution in [1.82, 2.24) is 20.5 Å². The van der Waals surface area contributed by atoms with Crippen LogP contribution in [-0.2, 0) is 30.5 Å². The van der Waals surface area contributed by atoms with Gasteiger partial charge in [0.05, 0.1) is 53.0 Å². The molecule has 1 aromatic heterocycles. The summed E-state index contributed by atoms with van der Waals surface area (Å²) < 4.78 is 33.0. The number of unbranched alkanes of at least 4 members (excludes halogenated alkanes) is 1. The maximum Gasteiger partial charge on any atom is 0.259 e. The minimum Gasteiger partial charge on any atom is -0.494 e. The quantitative estimate of drug-likeness (QED) is 0.0603. The molecule has 3 N–H and O–H groups in total. The molecule has 0 spiro atoms. The number of nitrogens with one attached hydrogen (secondary N) is 2. The van der Waals surface area contributed by atoms with E-state index in [1.165, 1.54) is 34.4 Å². The van der Waals surface area contributed by atoms with Crippen molar-refractivity contribution in [3.05, 3.63) is 119 Å². The highest BCUT2D eigenvalue weighted by molar-refractivity contribution is 7.81. The molecule has 0 radical (unpaired) electrons. The standard InChI is InChI=1S/C52H55ClFN7O8S/c1-31-45(69-30-57-31)34-11-9-32(10-12-34)28-59(47(64)42-25-38(62)27-56-42)48(65)46(51(2,3)4)58-44(63)29-67-21-7-8-22-68-39-18-14-33(15-19-39)35-16-20-43(41(54)23-35)61-50(70)60(49(66)52(61,5)6)37-17-13-36(26-55)40(53)24-37/h9-20,23-24,30,38,42,46,56,62H,7-8,21-22,25,27-29H2,1-6H3,(H,58,63)/t38-,42+,46?/m1/s1. The molecule has 70 heavy (non-hydrogen) atoms. The number of aliphatic hydroxyl groups excluding tert-OH is 1. The van der Waals surface area contributed by atoms with Crippen LogP contribution in [0.25, 0.3) is 22.5 Å². The van der Waals surface area contributed by atoms with Crippen LogP contribution in [0.2, 0.25) is 5.02 Å². The first kappa shape index (κ1) is 51.3. The fourth-order valence-corrected chi connectivity index (χ4v) is 9.05. The number of carbonyl (C=O) groups is 4. The van der Waals surface area contributed by atoms with Gasteiger partial charge in [0, 0.05) is 18.7 Å². The Labute approximate surface area is 416 Å². The fourth-order valence-electron chi connectivity index (χ4n) is 8.32. The van der Waals surface area contributed by atoms with E-state index in [9.17, 15) is 29.5 Å². The minimum absolute atomic E-state index is 0.0560. The SMILES string of the molecule is Cc1ncoc1-c1ccc(CN(C(=O)C(NC(=O)COCCCCOc2ccc(-c3ccc(N4C(=S)N(c5ccc(C#N)c(Cl)c5)C(=O)C4(C)C)c(F)c3)cc2)C(C)(C)C)C(=O)[C@@H]2C[C@@H](O)CN2)cc1. The molecule has 2 fully saturated rings. The van der Waals surface area contributed by atoms with Gasteiger partial charge in [-0.05, 0) is 117 Å². The number of ether oxygens (including phenoxy) is 2. The average molecular weight is 993 g/mol. The second-order valence-corrected chi connectivity index (χ2v) is 19.6. The van der Waals surface area contributed by atoms with E-state index in [4.69, 9.17) is 37.7 Å². The van der Waals surface area contributed by atoms with Crippen molar-refractivity contribution in [1.29, 1.82) is 5.26 Å². The molecule has 0 saturated carbocycles. The second-order valence-electron chi connectivity index (χ2n) is 18.8. The van der Waals surface area contributed by atoms with Gasteiger partial charge in [0.2, 0.25) is 11.8 Å². The summed E-state index contributed by atoms with van der Waals surface area (Å²) in [5.41, 5.74) is 2.30. The van der Waals surface area contributed by atoms with Gasteiger partial charge in [-0.2, -0.15) is 5.26 Å². The molecule has 0 bridgehead atoms. The Morgan fingerprint density at radius 1 is 1.04 bits per heavy atom. The number of aliphatic hydroxyl groups is 1. The third kappa shape index (κ3) is 11.4. The van der Waals surface area contributed by atoms with Crippen LogP contribution in [0.3, 0.4) is 0 Å². The van der Waals surface area contributed by atoms with Gasteiger partial charge in [0.25, 0.3) is 11.8 Å². The Morgan fingerprint density at radius 2 is 1.73 bits per heavy atom. The zero-order chi connectivity index (χ0) is 50.5. The highest BCUT2D eigenvalue weighted by Gasteiger charge is 2.51. The van der Waals surface area contributed by atoms with E-state index >= 15 is 4.39 Å². The van der Waals surface area contributed by atoms with Gasteiger partial charge in [-0.15, -0.1) is 0 Å². The highest BCUT2D eigenvalue weighted by Crippen LogP contribution is 2.40. The molecule has 7 rings (SSSR count). The van der Waals surface area contributed by atoms with Crippen LogP contribution in [0.5, 0.6) is 5.75 Å². The smallest absolute Gasteiger partial charge is 0.259 e. The zero-order valence-electron chi connectivity index (χ0n) is 39.8. The van der Waals surface area contributed by atoms with E-state index in [-0.39, 0.29) is 60.0 Å². The third-order valence-corrected chi connectivity index (χ3v) is 12.9. The molecule has 2 aliphatic heterocycles. The molecule has 4 aromatic carbocycles. The van der Waals surface area contributed by atoms with Gasteiger partial charge in [-0.25, -0.2) is 9.37 Å². The van der Waals surface area contributed by atoms with Gasteiger partial charge in [0.1, 0.15) is 35.8 Å². The maximum atomic E-state index is 15.9. The number of amides is 4. The normalized spacial score (nSPS) is 17.1. The molecule has 2 aliphatic rings. The number of rotatable bonds is 17. The summed E-state index contributed by atoms with van der Waals surface area (Å²) >= 11 is 12.0. The summed E-state index contributed by atoms with van der Waals surface area (Å²) in [7, 11) is 0. The Bertz CT molecular complexity index is 2810. The topological polar surface area (TPSA) is 191 Å². The number of anilines is 2. The van der Waals surface area contributed by atoms with E-state index in [0.29, 0.717) is 47.8 Å². The van der Waals surface area contributed by atoms with Crippen molar-refractivity contribution in [2.45, 2.75) is 91.1 Å². The van der Waals surface area contributed by atoms with Crippen molar-refractivity contribution in [3.8, 4) is 34.3 Å².